The van der Waals surface area contributed by atoms with E-state index in [1.807, 2.05) is 45.9 Å². The molecular weight excluding hydrogens is 295 g/mol. The molecule has 1 atom stereocenters. The van der Waals surface area contributed by atoms with Gasteiger partial charge in [-0.05, 0) is 51.0 Å². The quantitative estimate of drug-likeness (QED) is 0.773. The van der Waals surface area contributed by atoms with E-state index in [9.17, 15) is 9.36 Å². The van der Waals surface area contributed by atoms with Gasteiger partial charge in [-0.1, -0.05) is 34.4 Å². The zero-order chi connectivity index (χ0) is 16.3. The van der Waals surface area contributed by atoms with Crippen molar-refractivity contribution in [2.75, 3.05) is 6.61 Å². The van der Waals surface area contributed by atoms with Gasteiger partial charge in [0, 0.05) is 0 Å². The van der Waals surface area contributed by atoms with Crippen LogP contribution in [0.25, 0.3) is 0 Å². The Bertz CT molecular complexity index is 712. The van der Waals surface area contributed by atoms with Gasteiger partial charge in [-0.25, -0.2) is 4.79 Å². The Morgan fingerprint density at radius 3 is 2.27 bits per heavy atom. The van der Waals surface area contributed by atoms with Gasteiger partial charge in [0.2, 0.25) is 5.30 Å². The van der Waals surface area contributed by atoms with Crippen molar-refractivity contribution in [3.05, 3.63) is 58.7 Å². The van der Waals surface area contributed by atoms with Crippen LogP contribution < -0.4 is 10.0 Å². The van der Waals surface area contributed by atoms with E-state index < -0.39 is 7.80 Å². The first-order valence-electron chi connectivity index (χ1n) is 7.27. The van der Waals surface area contributed by atoms with E-state index in [2.05, 4.69) is 0 Å². The van der Waals surface area contributed by atoms with Crippen LogP contribution >= 0.6 is 7.80 Å². The van der Waals surface area contributed by atoms with Gasteiger partial charge in [-0.15, -0.1) is 0 Å². The molecule has 0 aliphatic carbocycles. The Morgan fingerprint density at radius 2 is 1.68 bits per heavy atom. The molecule has 0 N–H and O–H groups in total. The number of carbonyl (C=O) groups is 1. The number of ether oxygens (including phenoxy) is 1. The van der Waals surface area contributed by atoms with Crippen molar-refractivity contribution in [3.8, 4) is 5.75 Å². The van der Waals surface area contributed by atoms with E-state index in [0.717, 1.165) is 16.7 Å². The predicted molar refractivity (Wildman–Crippen MR) is 89.8 cm³/mol. The summed E-state index contributed by atoms with van der Waals surface area (Å²) in [6.07, 6.45) is 0. The summed E-state index contributed by atoms with van der Waals surface area (Å²) < 4.78 is 18.2. The minimum absolute atomic E-state index is 0.336. The molecule has 0 bridgehead atoms. The lowest BCUT2D eigenvalue weighted by molar-refractivity contribution is 0.107. The fourth-order valence-corrected chi connectivity index (χ4v) is 3.97. The molecule has 2 rings (SSSR count). The van der Waals surface area contributed by atoms with Crippen molar-refractivity contribution in [1.82, 2.24) is 0 Å². The standard InChI is InChI=1S/C18H20O3P/c1-5-21-15-8-6-7-9-16(15)22(20)18(19)17-13(3)10-12(2)11-14(17)4/h6-11H,5H2,1-4H3/q+1. The van der Waals surface area contributed by atoms with Gasteiger partial charge in [0.05, 0.1) is 12.2 Å². The second-order valence-corrected chi connectivity index (χ2v) is 6.75. The van der Waals surface area contributed by atoms with E-state index in [1.165, 1.54) is 0 Å². The Labute approximate surface area is 132 Å². The molecule has 22 heavy (non-hydrogen) atoms. The molecule has 0 amide bonds. The van der Waals surface area contributed by atoms with Crippen LogP contribution in [0.4, 0.5) is 0 Å². The van der Waals surface area contributed by atoms with Gasteiger partial charge in [-0.3, -0.25) is 0 Å². The lowest BCUT2D eigenvalue weighted by atomic mass is 10.0. The number of rotatable bonds is 5. The van der Waals surface area contributed by atoms with E-state index in [1.54, 1.807) is 18.2 Å². The average molecular weight is 315 g/mol. The summed E-state index contributed by atoms with van der Waals surface area (Å²) in [5.74, 6) is 0.516. The van der Waals surface area contributed by atoms with Crippen LogP contribution in [0.1, 0.15) is 34.0 Å². The van der Waals surface area contributed by atoms with Gasteiger partial charge < -0.3 is 4.74 Å². The lowest BCUT2D eigenvalue weighted by Gasteiger charge is -2.06. The van der Waals surface area contributed by atoms with Crippen molar-refractivity contribution >= 4 is 18.6 Å². The van der Waals surface area contributed by atoms with E-state index in [4.69, 9.17) is 4.74 Å². The second kappa shape index (κ2) is 6.85. The number of benzene rings is 2. The number of aryl methyl sites for hydroxylation is 3. The van der Waals surface area contributed by atoms with Gasteiger partial charge in [0.15, 0.2) is 5.75 Å². The first-order chi connectivity index (χ1) is 10.5. The Hall–Kier alpha value is -1.99. The highest BCUT2D eigenvalue weighted by atomic mass is 31.1. The normalized spacial score (nSPS) is 11.2. The fourth-order valence-electron chi connectivity index (χ4n) is 2.63. The van der Waals surface area contributed by atoms with Crippen molar-refractivity contribution in [3.63, 3.8) is 0 Å². The second-order valence-electron chi connectivity index (χ2n) is 5.27. The predicted octanol–water partition coefficient (Wildman–Crippen LogP) is 4.30. The summed E-state index contributed by atoms with van der Waals surface area (Å²) in [7, 11) is -2.20. The summed E-state index contributed by atoms with van der Waals surface area (Å²) in [5.41, 5.74) is 3.03. The van der Waals surface area contributed by atoms with Crippen molar-refractivity contribution < 1.29 is 14.1 Å². The highest BCUT2D eigenvalue weighted by molar-refractivity contribution is 7.71. The molecule has 114 valence electrons. The van der Waals surface area contributed by atoms with Crippen molar-refractivity contribution in [2.45, 2.75) is 27.7 Å². The smallest absolute Gasteiger partial charge is 0.462 e. The van der Waals surface area contributed by atoms with Crippen LogP contribution in [-0.4, -0.2) is 12.1 Å². The molecule has 0 aliphatic rings. The molecule has 3 nitrogen and oxygen atoms in total. The van der Waals surface area contributed by atoms with Gasteiger partial charge >= 0.3 is 13.3 Å². The van der Waals surface area contributed by atoms with Crippen LogP contribution in [0.5, 0.6) is 5.75 Å². The number of hydrogen-bond acceptors (Lipinski definition) is 3. The molecular formula is C18H20O3P+. The van der Waals surface area contributed by atoms with Gasteiger partial charge in [0.1, 0.15) is 0 Å². The van der Waals surface area contributed by atoms with Crippen LogP contribution in [0, 0.1) is 20.8 Å². The highest BCUT2D eigenvalue weighted by Crippen LogP contribution is 2.33. The number of carbonyl (C=O) groups excluding carboxylic acids is 1. The fraction of sp³-hybridized carbons (Fsp3) is 0.278. The Balaban J connectivity index is 2.45. The van der Waals surface area contributed by atoms with Crippen molar-refractivity contribution in [1.29, 1.82) is 0 Å². The molecule has 1 unspecified atom stereocenters. The molecule has 0 saturated carbocycles. The average Bonchev–Trinajstić information content (AvgIpc) is 2.46. The molecule has 0 heterocycles. The highest BCUT2D eigenvalue weighted by Gasteiger charge is 2.37. The molecule has 0 saturated heterocycles. The Kier molecular flexibility index (Phi) is 5.10. The molecule has 2 aromatic carbocycles. The molecule has 0 aromatic heterocycles. The Morgan fingerprint density at radius 1 is 1.09 bits per heavy atom. The summed E-state index contributed by atoms with van der Waals surface area (Å²) >= 11 is 0. The van der Waals surface area contributed by atoms with Crippen molar-refractivity contribution in [2.24, 2.45) is 0 Å². The zero-order valence-electron chi connectivity index (χ0n) is 13.3. The number of para-hydroxylation sites is 1. The van der Waals surface area contributed by atoms with Gasteiger partial charge in [0.25, 0.3) is 0 Å². The van der Waals surface area contributed by atoms with Crippen LogP contribution in [0.3, 0.4) is 0 Å². The van der Waals surface area contributed by atoms with Crippen LogP contribution in [0.15, 0.2) is 36.4 Å². The third-order valence-corrected chi connectivity index (χ3v) is 4.86. The minimum atomic E-state index is -2.20. The maximum Gasteiger partial charge on any atom is 0.462 e. The molecule has 4 heteroatoms. The largest absolute Gasteiger partial charge is 0.489 e. The lowest BCUT2D eigenvalue weighted by Crippen LogP contribution is -2.11. The third-order valence-electron chi connectivity index (χ3n) is 3.46. The third kappa shape index (κ3) is 3.26. The van der Waals surface area contributed by atoms with Gasteiger partial charge in [-0.2, -0.15) is 0 Å². The van der Waals surface area contributed by atoms with E-state index in [0.29, 0.717) is 23.2 Å². The first-order valence-corrected chi connectivity index (χ1v) is 8.53. The van der Waals surface area contributed by atoms with Crippen LogP contribution in [0.2, 0.25) is 0 Å². The van der Waals surface area contributed by atoms with E-state index >= 15 is 0 Å². The first kappa shape index (κ1) is 16.4. The van der Waals surface area contributed by atoms with Crippen LogP contribution in [-0.2, 0) is 4.57 Å². The topological polar surface area (TPSA) is 43.4 Å². The number of hydrogen-bond donors (Lipinski definition) is 0. The maximum atomic E-state index is 12.7. The summed E-state index contributed by atoms with van der Waals surface area (Å²) in [5, 5.41) is 0.462. The minimum Gasteiger partial charge on any atom is -0.489 e. The molecule has 0 radical (unpaired) electrons. The molecule has 2 aromatic rings. The summed E-state index contributed by atoms with van der Waals surface area (Å²) in [6, 6.07) is 10.9. The summed E-state index contributed by atoms with van der Waals surface area (Å²) in [6.45, 7) is 8.07. The summed E-state index contributed by atoms with van der Waals surface area (Å²) in [4.78, 5) is 12.7. The SMILES string of the molecule is CCOc1ccccc1[P+](=O)C(=O)c1c(C)cc(C)cc1C. The monoisotopic (exact) mass is 315 g/mol. The molecule has 0 aliphatic heterocycles. The maximum absolute atomic E-state index is 12.7. The zero-order valence-corrected chi connectivity index (χ0v) is 14.2. The molecule has 0 spiro atoms. The molecule has 0 fully saturated rings. The van der Waals surface area contributed by atoms with E-state index in [-0.39, 0.29) is 5.52 Å².